The first-order chi connectivity index (χ1) is 11.1. The zero-order valence-electron chi connectivity index (χ0n) is 12.4. The van der Waals surface area contributed by atoms with Gasteiger partial charge in [-0.3, -0.25) is 9.59 Å². The number of benzene rings is 2. The fourth-order valence-electron chi connectivity index (χ4n) is 2.39. The highest BCUT2D eigenvalue weighted by Gasteiger charge is 2.16. The van der Waals surface area contributed by atoms with Gasteiger partial charge < -0.3 is 9.73 Å². The first kappa shape index (κ1) is 15.5. The summed E-state index contributed by atoms with van der Waals surface area (Å²) in [7, 11) is 0. The Morgan fingerprint density at radius 3 is 2.61 bits per heavy atom. The Hall–Kier alpha value is -2.40. The Morgan fingerprint density at radius 2 is 1.83 bits per heavy atom. The van der Waals surface area contributed by atoms with E-state index in [-0.39, 0.29) is 17.2 Å². The average molecular weight is 372 g/mol. The number of fused-ring (bicyclic) bond motifs is 1. The summed E-state index contributed by atoms with van der Waals surface area (Å²) >= 11 is 3.46. The van der Waals surface area contributed by atoms with Crippen LogP contribution in [0, 0.1) is 0 Å². The van der Waals surface area contributed by atoms with Crippen LogP contribution in [0.1, 0.15) is 29.1 Å². The minimum atomic E-state index is -0.420. The Labute approximate surface area is 141 Å². The van der Waals surface area contributed by atoms with E-state index in [0.29, 0.717) is 11.0 Å². The molecule has 1 aromatic heterocycles. The summed E-state index contributed by atoms with van der Waals surface area (Å²) < 4.78 is 6.46. The number of amides is 1. The number of hydrogen-bond donors (Lipinski definition) is 1. The number of carbonyl (C=O) groups is 1. The van der Waals surface area contributed by atoms with E-state index in [0.717, 1.165) is 10.0 Å². The van der Waals surface area contributed by atoms with Gasteiger partial charge in [-0.15, -0.1) is 0 Å². The lowest BCUT2D eigenvalue weighted by molar-refractivity contribution is 0.0912. The second kappa shape index (κ2) is 6.38. The summed E-state index contributed by atoms with van der Waals surface area (Å²) in [6.07, 6.45) is 0. The Bertz CT molecular complexity index is 933. The lowest BCUT2D eigenvalue weighted by atomic mass is 10.1. The van der Waals surface area contributed by atoms with Crippen molar-refractivity contribution in [1.29, 1.82) is 0 Å². The summed E-state index contributed by atoms with van der Waals surface area (Å²) in [5.41, 5.74) is 1.12. The molecule has 0 aliphatic rings. The second-order valence-electron chi connectivity index (χ2n) is 5.19. The Morgan fingerprint density at radius 1 is 1.13 bits per heavy atom. The van der Waals surface area contributed by atoms with Crippen LogP contribution in [-0.4, -0.2) is 5.91 Å². The van der Waals surface area contributed by atoms with Gasteiger partial charge in [0.2, 0.25) is 0 Å². The van der Waals surface area contributed by atoms with Crippen LogP contribution in [0.15, 0.2) is 68.3 Å². The number of para-hydroxylation sites is 1. The molecule has 1 amide bonds. The zero-order chi connectivity index (χ0) is 16.4. The van der Waals surface area contributed by atoms with Crippen LogP contribution in [0.5, 0.6) is 0 Å². The molecule has 0 aliphatic heterocycles. The van der Waals surface area contributed by atoms with Crippen molar-refractivity contribution < 1.29 is 9.21 Å². The van der Waals surface area contributed by atoms with Crippen LogP contribution in [-0.2, 0) is 0 Å². The van der Waals surface area contributed by atoms with Gasteiger partial charge in [0.25, 0.3) is 5.91 Å². The molecular formula is C18H14BrNO3. The van der Waals surface area contributed by atoms with Gasteiger partial charge in [-0.2, -0.15) is 0 Å². The molecule has 0 saturated heterocycles. The molecule has 4 nitrogen and oxygen atoms in total. The first-order valence-corrected chi connectivity index (χ1v) is 7.94. The van der Waals surface area contributed by atoms with Gasteiger partial charge in [0.15, 0.2) is 11.2 Å². The van der Waals surface area contributed by atoms with Crippen LogP contribution in [0.2, 0.25) is 0 Å². The number of nitrogens with one attached hydrogen (secondary N) is 1. The molecule has 2 aromatic carbocycles. The molecule has 1 N–H and O–H groups in total. The van der Waals surface area contributed by atoms with E-state index in [4.69, 9.17) is 4.42 Å². The number of rotatable bonds is 3. The second-order valence-corrected chi connectivity index (χ2v) is 6.04. The van der Waals surface area contributed by atoms with Gasteiger partial charge in [-0.1, -0.05) is 46.3 Å². The summed E-state index contributed by atoms with van der Waals surface area (Å²) in [6, 6.07) is 15.5. The Balaban J connectivity index is 1.89. The molecule has 0 spiro atoms. The minimum absolute atomic E-state index is 0.00704. The average Bonchev–Trinajstić information content (AvgIpc) is 2.55. The van der Waals surface area contributed by atoms with Crippen LogP contribution in [0.3, 0.4) is 0 Å². The van der Waals surface area contributed by atoms with Gasteiger partial charge in [-0.25, -0.2) is 0 Å². The maximum atomic E-state index is 12.4. The monoisotopic (exact) mass is 371 g/mol. The third-order valence-corrected chi connectivity index (χ3v) is 4.30. The molecule has 116 valence electrons. The van der Waals surface area contributed by atoms with Gasteiger partial charge in [0, 0.05) is 10.5 Å². The highest BCUT2D eigenvalue weighted by atomic mass is 79.9. The summed E-state index contributed by atoms with van der Waals surface area (Å²) in [4.78, 5) is 24.4. The fraction of sp³-hybridized carbons (Fsp3) is 0.111. The summed E-state index contributed by atoms with van der Waals surface area (Å²) in [5, 5.41) is 3.30. The normalized spacial score (nSPS) is 12.1. The molecule has 3 rings (SSSR count). The van der Waals surface area contributed by atoms with Crippen LogP contribution in [0.25, 0.3) is 11.0 Å². The van der Waals surface area contributed by atoms with E-state index in [1.54, 1.807) is 24.3 Å². The van der Waals surface area contributed by atoms with Gasteiger partial charge in [0.1, 0.15) is 5.58 Å². The van der Waals surface area contributed by atoms with E-state index < -0.39 is 5.91 Å². The summed E-state index contributed by atoms with van der Waals surface area (Å²) in [5.74, 6) is -0.413. The van der Waals surface area contributed by atoms with E-state index in [1.165, 1.54) is 6.07 Å². The Kier molecular flexibility index (Phi) is 4.30. The van der Waals surface area contributed by atoms with E-state index in [9.17, 15) is 9.59 Å². The zero-order valence-corrected chi connectivity index (χ0v) is 14.0. The van der Waals surface area contributed by atoms with Crippen molar-refractivity contribution in [2.45, 2.75) is 13.0 Å². The largest absolute Gasteiger partial charge is 0.451 e. The van der Waals surface area contributed by atoms with Crippen molar-refractivity contribution in [1.82, 2.24) is 5.32 Å². The maximum absolute atomic E-state index is 12.4. The van der Waals surface area contributed by atoms with Crippen molar-refractivity contribution in [2.75, 3.05) is 0 Å². The first-order valence-electron chi connectivity index (χ1n) is 7.14. The fourth-order valence-corrected chi connectivity index (χ4v) is 3.02. The lowest BCUT2D eigenvalue weighted by Crippen LogP contribution is -2.27. The third kappa shape index (κ3) is 3.19. The quantitative estimate of drug-likeness (QED) is 0.755. The third-order valence-electron chi connectivity index (χ3n) is 3.58. The number of halogens is 1. The van der Waals surface area contributed by atoms with Crippen LogP contribution >= 0.6 is 15.9 Å². The van der Waals surface area contributed by atoms with Gasteiger partial charge >= 0.3 is 0 Å². The molecular weight excluding hydrogens is 358 g/mol. The highest BCUT2D eigenvalue weighted by Crippen LogP contribution is 2.23. The number of hydrogen-bond acceptors (Lipinski definition) is 3. The molecule has 1 atom stereocenters. The van der Waals surface area contributed by atoms with E-state index in [1.807, 2.05) is 31.2 Å². The topological polar surface area (TPSA) is 59.3 Å². The van der Waals surface area contributed by atoms with Crippen LogP contribution in [0.4, 0.5) is 0 Å². The van der Waals surface area contributed by atoms with Gasteiger partial charge in [0.05, 0.1) is 11.4 Å². The molecule has 0 bridgehead atoms. The minimum Gasteiger partial charge on any atom is -0.451 e. The van der Waals surface area contributed by atoms with E-state index >= 15 is 0 Å². The van der Waals surface area contributed by atoms with Gasteiger partial charge in [-0.05, 0) is 30.7 Å². The predicted molar refractivity (Wildman–Crippen MR) is 92.5 cm³/mol. The molecule has 3 aromatic rings. The van der Waals surface area contributed by atoms with Crippen molar-refractivity contribution in [3.63, 3.8) is 0 Å². The SMILES string of the molecule is C[C@H](NC(=O)c1cc(=O)c2ccccc2o1)c1ccccc1Br. The van der Waals surface area contributed by atoms with Crippen LogP contribution < -0.4 is 10.7 Å². The van der Waals surface area contributed by atoms with Crippen molar-refractivity contribution in [3.8, 4) is 0 Å². The standard InChI is InChI=1S/C18H14BrNO3/c1-11(12-6-2-4-8-14(12)19)20-18(22)17-10-15(21)13-7-3-5-9-16(13)23-17/h2-11H,1H3,(H,20,22)/t11-/m0/s1. The molecule has 0 fully saturated rings. The highest BCUT2D eigenvalue weighted by molar-refractivity contribution is 9.10. The van der Waals surface area contributed by atoms with Crippen molar-refractivity contribution in [3.05, 3.63) is 80.6 Å². The van der Waals surface area contributed by atoms with Crippen molar-refractivity contribution in [2.24, 2.45) is 0 Å². The molecule has 0 radical (unpaired) electrons. The maximum Gasteiger partial charge on any atom is 0.287 e. The van der Waals surface area contributed by atoms with E-state index in [2.05, 4.69) is 21.2 Å². The summed E-state index contributed by atoms with van der Waals surface area (Å²) in [6.45, 7) is 1.87. The molecule has 1 heterocycles. The molecule has 0 unspecified atom stereocenters. The lowest BCUT2D eigenvalue weighted by Gasteiger charge is -2.15. The predicted octanol–water partition coefficient (Wildman–Crippen LogP) is 4.05. The number of carbonyl (C=O) groups excluding carboxylic acids is 1. The van der Waals surface area contributed by atoms with Crippen molar-refractivity contribution >= 4 is 32.8 Å². The smallest absolute Gasteiger partial charge is 0.287 e. The molecule has 23 heavy (non-hydrogen) atoms. The molecule has 5 heteroatoms. The molecule has 0 saturated carbocycles. The molecule has 0 aliphatic carbocycles.